The molecule has 0 heterocycles. The van der Waals surface area contributed by atoms with Crippen LogP contribution in [0.1, 0.15) is 31.2 Å². The molecule has 0 unspecified atom stereocenters. The molecule has 2 aromatic rings. The first-order valence-electron chi connectivity index (χ1n) is 8.07. The van der Waals surface area contributed by atoms with E-state index in [-0.39, 0.29) is 0 Å². The third-order valence-electron chi connectivity index (χ3n) is 4.15. The van der Waals surface area contributed by atoms with E-state index in [4.69, 9.17) is 21.1 Å². The third kappa shape index (κ3) is 4.32. The summed E-state index contributed by atoms with van der Waals surface area (Å²) >= 11 is 6.02. The van der Waals surface area contributed by atoms with E-state index in [9.17, 15) is 0 Å². The molecule has 2 aromatic carbocycles. The number of anilines is 1. The zero-order chi connectivity index (χ0) is 16.1. The highest BCUT2D eigenvalue weighted by Crippen LogP contribution is 2.34. The van der Waals surface area contributed by atoms with Gasteiger partial charge in [0.15, 0.2) is 11.5 Å². The standard InChI is InChI=1S/C19H22ClNO2/c1-22-18-10-9-16(12-19(18)23-17-7-2-3-8-17)21-13-14-5-4-6-15(20)11-14/h4-6,9-12,17,21H,2-3,7-8,13H2,1H3. The zero-order valence-corrected chi connectivity index (χ0v) is 14.1. The van der Waals surface area contributed by atoms with Crippen molar-refractivity contribution in [3.8, 4) is 11.5 Å². The van der Waals surface area contributed by atoms with Crippen molar-refractivity contribution in [3.63, 3.8) is 0 Å². The summed E-state index contributed by atoms with van der Waals surface area (Å²) in [4.78, 5) is 0. The van der Waals surface area contributed by atoms with Gasteiger partial charge < -0.3 is 14.8 Å². The molecule has 4 heteroatoms. The number of rotatable bonds is 6. The number of ether oxygens (including phenoxy) is 2. The largest absolute Gasteiger partial charge is 0.493 e. The van der Waals surface area contributed by atoms with Crippen LogP contribution in [-0.4, -0.2) is 13.2 Å². The predicted octanol–water partition coefficient (Wildman–Crippen LogP) is 5.28. The molecule has 0 bridgehead atoms. The van der Waals surface area contributed by atoms with Gasteiger partial charge >= 0.3 is 0 Å². The molecule has 1 aliphatic carbocycles. The Morgan fingerprint density at radius 1 is 1.09 bits per heavy atom. The quantitative estimate of drug-likeness (QED) is 0.781. The third-order valence-corrected chi connectivity index (χ3v) is 4.38. The maximum atomic E-state index is 6.12. The molecule has 0 amide bonds. The summed E-state index contributed by atoms with van der Waals surface area (Å²) in [5, 5.41) is 4.16. The number of methoxy groups -OCH3 is 1. The van der Waals surface area contributed by atoms with Gasteiger partial charge in [0.05, 0.1) is 13.2 Å². The molecule has 1 fully saturated rings. The van der Waals surface area contributed by atoms with Crippen molar-refractivity contribution in [2.45, 2.75) is 38.3 Å². The highest BCUT2D eigenvalue weighted by Gasteiger charge is 2.18. The lowest BCUT2D eigenvalue weighted by molar-refractivity contribution is 0.201. The molecule has 1 aliphatic rings. The minimum absolute atomic E-state index is 0.312. The Labute approximate surface area is 142 Å². The summed E-state index contributed by atoms with van der Waals surface area (Å²) in [5.74, 6) is 1.60. The van der Waals surface area contributed by atoms with Gasteiger partial charge in [0.25, 0.3) is 0 Å². The number of benzene rings is 2. The topological polar surface area (TPSA) is 30.5 Å². The smallest absolute Gasteiger partial charge is 0.163 e. The summed E-state index contributed by atoms with van der Waals surface area (Å²) in [5.41, 5.74) is 2.16. The molecule has 0 aromatic heterocycles. The Morgan fingerprint density at radius 2 is 1.91 bits per heavy atom. The van der Waals surface area contributed by atoms with Crippen LogP contribution in [-0.2, 0) is 6.54 Å². The van der Waals surface area contributed by atoms with Gasteiger partial charge in [0.2, 0.25) is 0 Å². The second-order valence-electron chi connectivity index (χ2n) is 5.87. The van der Waals surface area contributed by atoms with Gasteiger partial charge in [0, 0.05) is 23.3 Å². The van der Waals surface area contributed by atoms with Gasteiger partial charge in [-0.15, -0.1) is 0 Å². The molecule has 0 spiro atoms. The number of hydrogen-bond donors (Lipinski definition) is 1. The SMILES string of the molecule is COc1ccc(NCc2cccc(Cl)c2)cc1OC1CCCC1. The fraction of sp³-hybridized carbons (Fsp3) is 0.368. The summed E-state index contributed by atoms with van der Waals surface area (Å²) in [6.07, 6.45) is 5.07. The monoisotopic (exact) mass is 331 g/mol. The highest BCUT2D eigenvalue weighted by atomic mass is 35.5. The predicted molar refractivity (Wildman–Crippen MR) is 94.7 cm³/mol. The van der Waals surface area contributed by atoms with Crippen LogP contribution in [0.3, 0.4) is 0 Å². The van der Waals surface area contributed by atoms with Gasteiger partial charge in [-0.1, -0.05) is 23.7 Å². The van der Waals surface area contributed by atoms with Gasteiger partial charge in [-0.3, -0.25) is 0 Å². The highest BCUT2D eigenvalue weighted by molar-refractivity contribution is 6.30. The van der Waals surface area contributed by atoms with E-state index in [1.165, 1.54) is 12.8 Å². The summed E-state index contributed by atoms with van der Waals surface area (Å²) in [6, 6.07) is 13.8. The maximum Gasteiger partial charge on any atom is 0.163 e. The second kappa shape index (κ2) is 7.60. The van der Waals surface area contributed by atoms with Gasteiger partial charge in [-0.2, -0.15) is 0 Å². The molecule has 0 aliphatic heterocycles. The second-order valence-corrected chi connectivity index (χ2v) is 6.31. The number of nitrogens with one attached hydrogen (secondary N) is 1. The molecule has 0 radical (unpaired) electrons. The fourth-order valence-electron chi connectivity index (χ4n) is 2.92. The van der Waals surface area contributed by atoms with Crippen LogP contribution < -0.4 is 14.8 Å². The molecule has 0 atom stereocenters. The van der Waals surface area contributed by atoms with Crippen LogP contribution in [0, 0.1) is 0 Å². The van der Waals surface area contributed by atoms with Gasteiger partial charge in [-0.25, -0.2) is 0 Å². The Hall–Kier alpha value is -1.87. The van der Waals surface area contributed by atoms with Crippen molar-refractivity contribution in [2.24, 2.45) is 0 Å². The van der Waals surface area contributed by atoms with E-state index in [1.807, 2.05) is 36.4 Å². The van der Waals surface area contributed by atoms with Gasteiger partial charge in [-0.05, 0) is 55.5 Å². The number of halogens is 1. The Balaban J connectivity index is 1.69. The minimum atomic E-state index is 0.312. The molecule has 3 rings (SSSR count). The van der Waals surface area contributed by atoms with Crippen molar-refractivity contribution in [1.29, 1.82) is 0 Å². The van der Waals surface area contributed by atoms with E-state index < -0.39 is 0 Å². The molecule has 1 saturated carbocycles. The van der Waals surface area contributed by atoms with Crippen molar-refractivity contribution < 1.29 is 9.47 Å². The van der Waals surface area contributed by atoms with E-state index in [1.54, 1.807) is 7.11 Å². The van der Waals surface area contributed by atoms with Crippen LogP contribution in [0.5, 0.6) is 11.5 Å². The molecular formula is C19H22ClNO2. The maximum absolute atomic E-state index is 6.12. The Morgan fingerprint density at radius 3 is 2.65 bits per heavy atom. The van der Waals surface area contributed by atoms with E-state index in [0.29, 0.717) is 6.10 Å². The van der Waals surface area contributed by atoms with Crippen LogP contribution in [0.2, 0.25) is 5.02 Å². The van der Waals surface area contributed by atoms with Crippen molar-refractivity contribution >= 4 is 17.3 Å². The van der Waals surface area contributed by atoms with Gasteiger partial charge in [0.1, 0.15) is 0 Å². The molecule has 0 saturated heterocycles. The average molecular weight is 332 g/mol. The molecule has 1 N–H and O–H groups in total. The first kappa shape index (κ1) is 16.0. The zero-order valence-electron chi connectivity index (χ0n) is 13.3. The summed E-state index contributed by atoms with van der Waals surface area (Å²) in [6.45, 7) is 0.718. The van der Waals surface area contributed by atoms with Crippen LogP contribution in [0.4, 0.5) is 5.69 Å². The minimum Gasteiger partial charge on any atom is -0.493 e. The van der Waals surface area contributed by atoms with E-state index in [0.717, 1.165) is 47.2 Å². The van der Waals surface area contributed by atoms with E-state index >= 15 is 0 Å². The van der Waals surface area contributed by atoms with Crippen LogP contribution in [0.15, 0.2) is 42.5 Å². The average Bonchev–Trinajstić information content (AvgIpc) is 3.06. The first-order valence-corrected chi connectivity index (χ1v) is 8.45. The Kier molecular flexibility index (Phi) is 5.29. The Bertz CT molecular complexity index is 654. The van der Waals surface area contributed by atoms with Crippen LogP contribution in [0.25, 0.3) is 0 Å². The number of hydrogen-bond acceptors (Lipinski definition) is 3. The van der Waals surface area contributed by atoms with E-state index in [2.05, 4.69) is 11.4 Å². The fourth-order valence-corrected chi connectivity index (χ4v) is 3.13. The lowest BCUT2D eigenvalue weighted by atomic mass is 10.2. The molecular weight excluding hydrogens is 310 g/mol. The van der Waals surface area contributed by atoms with Crippen molar-refractivity contribution in [1.82, 2.24) is 0 Å². The van der Waals surface area contributed by atoms with Crippen molar-refractivity contribution in [3.05, 3.63) is 53.1 Å². The first-order chi connectivity index (χ1) is 11.2. The van der Waals surface area contributed by atoms with Crippen LogP contribution >= 0.6 is 11.6 Å². The molecule has 122 valence electrons. The normalized spacial score (nSPS) is 14.7. The lowest BCUT2D eigenvalue weighted by Crippen LogP contribution is -2.12. The summed E-state index contributed by atoms with van der Waals surface area (Å²) < 4.78 is 11.5. The summed E-state index contributed by atoms with van der Waals surface area (Å²) in [7, 11) is 1.68. The van der Waals surface area contributed by atoms with Crippen molar-refractivity contribution in [2.75, 3.05) is 12.4 Å². The molecule has 23 heavy (non-hydrogen) atoms. The lowest BCUT2D eigenvalue weighted by Gasteiger charge is -2.17. The molecule has 3 nitrogen and oxygen atoms in total.